The van der Waals surface area contributed by atoms with E-state index in [0.29, 0.717) is 5.02 Å². The molecule has 2 nitrogen and oxygen atoms in total. The maximum absolute atomic E-state index is 7.29. The topological polar surface area (TPSA) is 6.48 Å². The maximum atomic E-state index is 7.29. The van der Waals surface area contributed by atoms with E-state index in [1.165, 1.54) is 0 Å². The number of halogens is 3. The van der Waals surface area contributed by atoms with Crippen LogP contribution in [0.15, 0.2) is 233 Å². The molecular weight excluding hydrogens is 872 g/mol. The standard InChI is InChI=1S/C54H37Br2ClN2/c55-46-23-13-25-49(33-46)58(51-29-42(38-15-5-1-6-16-38)27-43(30-51)39-17-7-2-8-18-39)53-35-48(57)36-54(37-53)59(50-26-14-24-47(56)34-50)52-31-44(40-19-9-3-10-20-40)28-45(32-52)41-21-11-4-12-22-41/h1-37H. The normalized spacial score (nSPS) is 11.0. The molecule has 5 heteroatoms. The van der Waals surface area contributed by atoms with Gasteiger partial charge in [-0.05, 0) is 136 Å². The Bertz CT molecular complexity index is 2560. The third-order valence-electron chi connectivity index (χ3n) is 10.3. The minimum Gasteiger partial charge on any atom is -0.310 e. The van der Waals surface area contributed by atoms with Crippen LogP contribution in [0.2, 0.25) is 5.02 Å². The number of hydrogen-bond acceptors (Lipinski definition) is 2. The van der Waals surface area contributed by atoms with Gasteiger partial charge in [0.25, 0.3) is 0 Å². The average molecular weight is 909 g/mol. The predicted octanol–water partition coefficient (Wildman–Crippen LogP) is 17.5. The van der Waals surface area contributed by atoms with Crippen molar-refractivity contribution in [3.8, 4) is 44.5 Å². The predicted molar refractivity (Wildman–Crippen MR) is 258 cm³/mol. The number of nitrogens with zero attached hydrogens (tertiary/aromatic N) is 2. The van der Waals surface area contributed by atoms with Crippen molar-refractivity contribution in [3.05, 3.63) is 238 Å². The van der Waals surface area contributed by atoms with Gasteiger partial charge in [0.05, 0.1) is 0 Å². The minimum atomic E-state index is 0.613. The van der Waals surface area contributed by atoms with Gasteiger partial charge in [0, 0.05) is 48.1 Å². The van der Waals surface area contributed by atoms with E-state index in [4.69, 9.17) is 11.6 Å². The molecule has 284 valence electrons. The van der Waals surface area contributed by atoms with Crippen LogP contribution in [-0.2, 0) is 0 Å². The molecular formula is C54H37Br2ClN2. The van der Waals surface area contributed by atoms with Gasteiger partial charge in [-0.25, -0.2) is 0 Å². The fourth-order valence-corrected chi connectivity index (χ4v) is 8.61. The Morgan fingerprint density at radius 2 is 0.559 bits per heavy atom. The molecule has 0 N–H and O–H groups in total. The van der Waals surface area contributed by atoms with Crippen LogP contribution >= 0.6 is 43.5 Å². The van der Waals surface area contributed by atoms with Gasteiger partial charge in [-0.1, -0.05) is 177 Å². The van der Waals surface area contributed by atoms with Gasteiger partial charge in [-0.3, -0.25) is 0 Å². The third-order valence-corrected chi connectivity index (χ3v) is 11.5. The van der Waals surface area contributed by atoms with Crippen molar-refractivity contribution in [2.75, 3.05) is 9.80 Å². The van der Waals surface area contributed by atoms with E-state index < -0.39 is 0 Å². The number of anilines is 6. The van der Waals surface area contributed by atoms with Crippen molar-refractivity contribution in [2.24, 2.45) is 0 Å². The molecule has 9 aromatic carbocycles. The monoisotopic (exact) mass is 906 g/mol. The molecule has 9 aromatic rings. The molecule has 0 heterocycles. The molecule has 0 aliphatic carbocycles. The Kier molecular flexibility index (Phi) is 11.3. The van der Waals surface area contributed by atoms with Crippen LogP contribution in [0.3, 0.4) is 0 Å². The summed E-state index contributed by atoms with van der Waals surface area (Å²) in [5, 5.41) is 0.613. The summed E-state index contributed by atoms with van der Waals surface area (Å²) >= 11 is 14.9. The number of hydrogen-bond donors (Lipinski definition) is 0. The van der Waals surface area contributed by atoms with Gasteiger partial charge in [-0.2, -0.15) is 0 Å². The molecule has 0 fully saturated rings. The van der Waals surface area contributed by atoms with E-state index in [2.05, 4.69) is 266 Å². The van der Waals surface area contributed by atoms with E-state index >= 15 is 0 Å². The van der Waals surface area contributed by atoms with Crippen LogP contribution in [-0.4, -0.2) is 0 Å². The second kappa shape index (κ2) is 17.4. The molecule has 0 saturated carbocycles. The van der Waals surface area contributed by atoms with Crippen molar-refractivity contribution in [1.29, 1.82) is 0 Å². The summed E-state index contributed by atoms with van der Waals surface area (Å²) in [6.45, 7) is 0. The van der Waals surface area contributed by atoms with Gasteiger partial charge < -0.3 is 9.80 Å². The second-order valence-corrected chi connectivity index (χ2v) is 16.6. The lowest BCUT2D eigenvalue weighted by Crippen LogP contribution is -2.14. The molecule has 0 aliphatic heterocycles. The average Bonchev–Trinajstić information content (AvgIpc) is 3.27. The second-order valence-electron chi connectivity index (χ2n) is 14.3. The summed E-state index contributed by atoms with van der Waals surface area (Å²) in [6.07, 6.45) is 0. The number of benzene rings is 9. The first-order chi connectivity index (χ1) is 28.9. The molecule has 0 saturated heterocycles. The Balaban J connectivity index is 1.28. The highest BCUT2D eigenvalue weighted by molar-refractivity contribution is 9.10. The highest BCUT2D eigenvalue weighted by atomic mass is 79.9. The quantitative estimate of drug-likeness (QED) is 0.135. The zero-order chi connectivity index (χ0) is 40.1. The smallest absolute Gasteiger partial charge is 0.0497 e. The SMILES string of the molecule is Clc1cc(N(c2cccc(Br)c2)c2cc(-c3ccccc3)cc(-c3ccccc3)c2)cc(N(c2cccc(Br)c2)c2cc(-c3ccccc3)cc(-c3ccccc3)c2)c1. The highest BCUT2D eigenvalue weighted by Crippen LogP contribution is 2.46. The first-order valence-corrected chi connectivity index (χ1v) is 21.4. The van der Waals surface area contributed by atoms with E-state index in [-0.39, 0.29) is 0 Å². The molecule has 0 aromatic heterocycles. The zero-order valence-corrected chi connectivity index (χ0v) is 35.8. The molecule has 0 unspecified atom stereocenters. The van der Waals surface area contributed by atoms with Crippen LogP contribution in [0.4, 0.5) is 34.1 Å². The fourth-order valence-electron chi connectivity index (χ4n) is 7.61. The summed E-state index contributed by atoms with van der Waals surface area (Å²) in [5.74, 6) is 0. The lowest BCUT2D eigenvalue weighted by Gasteiger charge is -2.31. The van der Waals surface area contributed by atoms with Crippen molar-refractivity contribution in [2.45, 2.75) is 0 Å². The minimum absolute atomic E-state index is 0.613. The van der Waals surface area contributed by atoms with Crippen molar-refractivity contribution in [3.63, 3.8) is 0 Å². The molecule has 0 amide bonds. The third kappa shape index (κ3) is 8.67. The summed E-state index contributed by atoms with van der Waals surface area (Å²) in [6, 6.07) is 79.1. The zero-order valence-electron chi connectivity index (χ0n) is 31.9. The van der Waals surface area contributed by atoms with E-state index in [1.54, 1.807) is 0 Å². The van der Waals surface area contributed by atoms with E-state index in [1.807, 2.05) is 0 Å². The Labute approximate surface area is 367 Å². The van der Waals surface area contributed by atoms with Crippen molar-refractivity contribution in [1.82, 2.24) is 0 Å². The molecule has 59 heavy (non-hydrogen) atoms. The summed E-state index contributed by atoms with van der Waals surface area (Å²) in [5.41, 5.74) is 14.8. The van der Waals surface area contributed by atoms with E-state index in [0.717, 1.165) is 87.6 Å². The molecule has 0 spiro atoms. The van der Waals surface area contributed by atoms with Crippen LogP contribution < -0.4 is 9.80 Å². The van der Waals surface area contributed by atoms with Gasteiger partial charge in [0.15, 0.2) is 0 Å². The first-order valence-electron chi connectivity index (χ1n) is 19.4. The van der Waals surface area contributed by atoms with Gasteiger partial charge in [-0.15, -0.1) is 0 Å². The molecule has 0 bridgehead atoms. The summed E-state index contributed by atoms with van der Waals surface area (Å²) < 4.78 is 1.96. The first kappa shape index (κ1) is 38.4. The molecule has 0 aliphatic rings. The Morgan fingerprint density at radius 1 is 0.254 bits per heavy atom. The molecule has 0 radical (unpaired) electrons. The lowest BCUT2D eigenvalue weighted by molar-refractivity contribution is 1.25. The highest BCUT2D eigenvalue weighted by Gasteiger charge is 2.22. The largest absolute Gasteiger partial charge is 0.310 e. The van der Waals surface area contributed by atoms with Crippen LogP contribution in [0.5, 0.6) is 0 Å². The van der Waals surface area contributed by atoms with Crippen LogP contribution in [0, 0.1) is 0 Å². The summed E-state index contributed by atoms with van der Waals surface area (Å²) in [4.78, 5) is 4.60. The van der Waals surface area contributed by atoms with Gasteiger partial charge in [0.2, 0.25) is 0 Å². The van der Waals surface area contributed by atoms with Gasteiger partial charge in [0.1, 0.15) is 0 Å². The fraction of sp³-hybridized carbons (Fsp3) is 0. The number of rotatable bonds is 10. The lowest BCUT2D eigenvalue weighted by atomic mass is 9.97. The maximum Gasteiger partial charge on any atom is 0.0497 e. The Hall–Kier alpha value is -6.17. The Morgan fingerprint density at radius 3 is 0.864 bits per heavy atom. The molecule has 9 rings (SSSR count). The van der Waals surface area contributed by atoms with Crippen LogP contribution in [0.25, 0.3) is 44.5 Å². The van der Waals surface area contributed by atoms with Crippen molar-refractivity contribution < 1.29 is 0 Å². The van der Waals surface area contributed by atoms with E-state index in [9.17, 15) is 0 Å². The molecule has 0 atom stereocenters. The van der Waals surface area contributed by atoms with Gasteiger partial charge >= 0.3 is 0 Å². The van der Waals surface area contributed by atoms with Crippen LogP contribution in [0.1, 0.15) is 0 Å². The summed E-state index contributed by atoms with van der Waals surface area (Å²) in [7, 11) is 0. The van der Waals surface area contributed by atoms with Crippen molar-refractivity contribution >= 4 is 77.6 Å².